The lowest BCUT2D eigenvalue weighted by Crippen LogP contribution is -2.28. The Hall–Kier alpha value is -2.66. The van der Waals surface area contributed by atoms with E-state index in [1.165, 1.54) is 89.9 Å². The summed E-state index contributed by atoms with van der Waals surface area (Å²) in [6.07, 6.45) is 54.0. The molecule has 0 fully saturated rings. The molecule has 0 aromatic carbocycles. The second-order valence-electron chi connectivity index (χ2n) is 13.3. The van der Waals surface area contributed by atoms with Crippen LogP contribution in [-0.4, -0.2) is 36.4 Å². The number of allylic oxidation sites excluding steroid dienone is 12. The topological polar surface area (TPSA) is 72.8 Å². The molecule has 0 aromatic heterocycles. The minimum absolute atomic E-state index is 0.107. The maximum absolute atomic E-state index is 12.2. The van der Waals surface area contributed by atoms with Crippen LogP contribution < -0.4 is 0 Å². The minimum Gasteiger partial charge on any atom is -0.462 e. The predicted octanol–water partition coefficient (Wildman–Crippen LogP) is 13.0. The average Bonchev–Trinajstić information content (AvgIpc) is 3.12. The third-order valence-corrected chi connectivity index (χ3v) is 8.53. The van der Waals surface area contributed by atoms with E-state index in [0.29, 0.717) is 12.8 Å². The van der Waals surface area contributed by atoms with Crippen LogP contribution in [0, 0.1) is 0 Å². The molecular weight excluding hydrogens is 620 g/mol. The standard InChI is InChI=1S/C45H76O5/c1-3-5-7-9-11-13-15-17-19-21-22-24-25-27-29-31-33-35-37-39-44(47)49-42-43(41-46)50-45(48)40-38-36-34-32-30-28-26-23-20-18-16-14-12-10-8-6-4-2/h5,7,11,13,17,19,22,24,27,29,33,35,43,46H,3-4,6,8-10,12,14-16,18,20-21,23,25-26,28,30-32,34,36-42H2,1-2H3/b7-5-,13-11-,19-17-,24-22-,29-27-,35-33-/t43-/m0/s1. The van der Waals surface area contributed by atoms with Crippen LogP contribution in [0.15, 0.2) is 72.9 Å². The third-order valence-electron chi connectivity index (χ3n) is 8.53. The highest BCUT2D eigenvalue weighted by Gasteiger charge is 2.15. The molecule has 50 heavy (non-hydrogen) atoms. The van der Waals surface area contributed by atoms with Gasteiger partial charge in [-0.1, -0.05) is 189 Å². The Balaban J connectivity index is 3.68. The van der Waals surface area contributed by atoms with E-state index < -0.39 is 6.10 Å². The number of aliphatic hydroxyl groups is 1. The first-order valence-electron chi connectivity index (χ1n) is 20.5. The summed E-state index contributed by atoms with van der Waals surface area (Å²) >= 11 is 0. The molecule has 0 aliphatic rings. The lowest BCUT2D eigenvalue weighted by Gasteiger charge is -2.15. The van der Waals surface area contributed by atoms with Gasteiger partial charge in [0.15, 0.2) is 6.10 Å². The number of hydrogen-bond donors (Lipinski definition) is 1. The Morgan fingerprint density at radius 2 is 0.860 bits per heavy atom. The summed E-state index contributed by atoms with van der Waals surface area (Å²) in [5.41, 5.74) is 0. The van der Waals surface area contributed by atoms with Crippen molar-refractivity contribution in [2.24, 2.45) is 0 Å². The quantitative estimate of drug-likeness (QED) is 0.0401. The fraction of sp³-hybridized carbons (Fsp3) is 0.689. The fourth-order valence-corrected chi connectivity index (χ4v) is 5.46. The largest absolute Gasteiger partial charge is 0.462 e. The van der Waals surface area contributed by atoms with Crippen molar-refractivity contribution in [1.82, 2.24) is 0 Å². The molecule has 0 unspecified atom stereocenters. The normalized spacial score (nSPS) is 12.9. The number of rotatable bonds is 36. The van der Waals surface area contributed by atoms with Crippen molar-refractivity contribution >= 4 is 11.9 Å². The van der Waals surface area contributed by atoms with Gasteiger partial charge in [-0.25, -0.2) is 0 Å². The second-order valence-corrected chi connectivity index (χ2v) is 13.3. The van der Waals surface area contributed by atoms with Crippen LogP contribution in [0.4, 0.5) is 0 Å². The van der Waals surface area contributed by atoms with Crippen LogP contribution in [0.2, 0.25) is 0 Å². The van der Waals surface area contributed by atoms with Crippen molar-refractivity contribution in [2.75, 3.05) is 13.2 Å². The van der Waals surface area contributed by atoms with E-state index in [-0.39, 0.29) is 31.6 Å². The molecule has 1 N–H and O–H groups in total. The second kappa shape index (κ2) is 40.8. The van der Waals surface area contributed by atoms with Gasteiger partial charge in [0.05, 0.1) is 6.61 Å². The number of aliphatic hydroxyl groups excluding tert-OH is 1. The number of ether oxygens (including phenoxy) is 2. The molecule has 0 aliphatic carbocycles. The summed E-state index contributed by atoms with van der Waals surface area (Å²) in [5.74, 6) is -0.689. The first-order valence-corrected chi connectivity index (χ1v) is 20.5. The maximum atomic E-state index is 12.2. The molecule has 0 rings (SSSR count). The highest BCUT2D eigenvalue weighted by Crippen LogP contribution is 2.14. The summed E-state index contributed by atoms with van der Waals surface area (Å²) in [4.78, 5) is 24.2. The number of esters is 2. The molecule has 286 valence electrons. The summed E-state index contributed by atoms with van der Waals surface area (Å²) in [5, 5.41) is 9.56. The molecule has 0 saturated carbocycles. The van der Waals surface area contributed by atoms with Crippen molar-refractivity contribution in [3.8, 4) is 0 Å². The third kappa shape index (κ3) is 38.1. The zero-order valence-corrected chi connectivity index (χ0v) is 32.4. The number of hydrogen-bond acceptors (Lipinski definition) is 5. The zero-order chi connectivity index (χ0) is 36.4. The molecule has 0 aliphatic heterocycles. The van der Waals surface area contributed by atoms with E-state index in [2.05, 4.69) is 74.6 Å². The minimum atomic E-state index is -0.803. The van der Waals surface area contributed by atoms with E-state index in [1.807, 2.05) is 12.2 Å². The van der Waals surface area contributed by atoms with Crippen LogP contribution in [0.25, 0.3) is 0 Å². The fourth-order valence-electron chi connectivity index (χ4n) is 5.46. The molecule has 1 atom stereocenters. The van der Waals surface area contributed by atoms with Gasteiger partial charge in [0.25, 0.3) is 0 Å². The molecule has 5 nitrogen and oxygen atoms in total. The summed E-state index contributed by atoms with van der Waals surface area (Å²) < 4.78 is 10.6. The highest BCUT2D eigenvalue weighted by atomic mass is 16.6. The number of carbonyl (C=O) groups is 2. The van der Waals surface area contributed by atoms with Gasteiger partial charge in [0.1, 0.15) is 6.61 Å². The van der Waals surface area contributed by atoms with E-state index in [4.69, 9.17) is 9.47 Å². The molecule has 0 heterocycles. The smallest absolute Gasteiger partial charge is 0.306 e. The van der Waals surface area contributed by atoms with Crippen LogP contribution in [0.1, 0.15) is 181 Å². The Labute approximate surface area is 308 Å². The van der Waals surface area contributed by atoms with E-state index >= 15 is 0 Å². The average molecular weight is 697 g/mol. The van der Waals surface area contributed by atoms with Crippen LogP contribution in [0.3, 0.4) is 0 Å². The monoisotopic (exact) mass is 697 g/mol. The van der Waals surface area contributed by atoms with Crippen LogP contribution >= 0.6 is 0 Å². The van der Waals surface area contributed by atoms with E-state index in [0.717, 1.165) is 57.8 Å². The van der Waals surface area contributed by atoms with Gasteiger partial charge in [0, 0.05) is 12.8 Å². The Bertz CT molecular complexity index is 926. The maximum Gasteiger partial charge on any atom is 0.306 e. The highest BCUT2D eigenvalue weighted by molar-refractivity contribution is 5.70. The van der Waals surface area contributed by atoms with Crippen molar-refractivity contribution < 1.29 is 24.2 Å². The molecule has 0 amide bonds. The SMILES string of the molecule is CC/C=C\C/C=C\C/C=C\C/C=C\C/C=C\C/C=C\CCC(=O)OC[C@H](CO)OC(=O)CCCCCCCCCCCCCCCCCCC. The van der Waals surface area contributed by atoms with Crippen molar-refractivity contribution in [1.29, 1.82) is 0 Å². The first kappa shape index (κ1) is 47.3. The molecule has 0 saturated heterocycles. The lowest BCUT2D eigenvalue weighted by molar-refractivity contribution is -0.161. The molecule has 0 spiro atoms. The van der Waals surface area contributed by atoms with E-state index in [1.54, 1.807) is 0 Å². The summed E-state index contributed by atoms with van der Waals surface area (Å²) in [6, 6.07) is 0. The van der Waals surface area contributed by atoms with Crippen LogP contribution in [0.5, 0.6) is 0 Å². The number of unbranched alkanes of at least 4 members (excludes halogenated alkanes) is 16. The molecule has 5 heteroatoms. The summed E-state index contributed by atoms with van der Waals surface area (Å²) in [7, 11) is 0. The Morgan fingerprint density at radius 3 is 1.26 bits per heavy atom. The van der Waals surface area contributed by atoms with E-state index in [9.17, 15) is 14.7 Å². The zero-order valence-electron chi connectivity index (χ0n) is 32.4. The van der Waals surface area contributed by atoms with Gasteiger partial charge in [-0.2, -0.15) is 0 Å². The van der Waals surface area contributed by atoms with Gasteiger partial charge in [-0.05, 0) is 51.4 Å². The van der Waals surface area contributed by atoms with Crippen molar-refractivity contribution in [3.05, 3.63) is 72.9 Å². The predicted molar refractivity (Wildman–Crippen MR) is 214 cm³/mol. The van der Waals surface area contributed by atoms with Crippen LogP contribution in [-0.2, 0) is 19.1 Å². The van der Waals surface area contributed by atoms with Crippen molar-refractivity contribution in [2.45, 2.75) is 187 Å². The lowest BCUT2D eigenvalue weighted by atomic mass is 10.0. The number of carbonyl (C=O) groups excluding carboxylic acids is 2. The Morgan fingerprint density at radius 1 is 0.480 bits per heavy atom. The van der Waals surface area contributed by atoms with Gasteiger partial charge in [-0.3, -0.25) is 9.59 Å². The summed E-state index contributed by atoms with van der Waals surface area (Å²) in [6.45, 7) is 3.96. The molecular formula is C45H76O5. The van der Waals surface area contributed by atoms with Crippen molar-refractivity contribution in [3.63, 3.8) is 0 Å². The Kier molecular flexibility index (Phi) is 38.6. The van der Waals surface area contributed by atoms with Gasteiger partial charge >= 0.3 is 11.9 Å². The first-order chi connectivity index (χ1) is 24.6. The molecule has 0 aromatic rings. The molecule has 0 bridgehead atoms. The van der Waals surface area contributed by atoms with Gasteiger partial charge in [0.2, 0.25) is 0 Å². The van der Waals surface area contributed by atoms with Gasteiger partial charge < -0.3 is 14.6 Å². The molecule has 0 radical (unpaired) electrons. The van der Waals surface area contributed by atoms with Gasteiger partial charge in [-0.15, -0.1) is 0 Å².